The van der Waals surface area contributed by atoms with Crippen molar-refractivity contribution < 1.29 is 13.2 Å². The minimum Gasteiger partial charge on any atom is -0.383 e. The van der Waals surface area contributed by atoms with Gasteiger partial charge in [-0.3, -0.25) is 4.79 Å². The molecule has 0 radical (unpaired) electrons. The first-order valence-electron chi connectivity index (χ1n) is 5.41. The molecule has 0 amide bonds. The molecule has 0 aliphatic carbocycles. The summed E-state index contributed by atoms with van der Waals surface area (Å²) in [4.78, 5) is 11.6. The summed E-state index contributed by atoms with van der Waals surface area (Å²) in [7, 11) is 0. The number of aromatic nitrogens is 2. The van der Waals surface area contributed by atoms with Gasteiger partial charge in [0.05, 0.1) is 11.9 Å². The van der Waals surface area contributed by atoms with E-state index in [0.717, 1.165) is 0 Å². The van der Waals surface area contributed by atoms with Crippen LogP contribution in [0.4, 0.5) is 18.9 Å². The zero-order valence-corrected chi connectivity index (χ0v) is 11.3. The number of nitrogens with zero attached hydrogens (tertiary/aromatic N) is 2. The van der Waals surface area contributed by atoms with Gasteiger partial charge >= 0.3 is 6.18 Å². The highest BCUT2D eigenvalue weighted by atomic mass is 79.9. The Kier molecular flexibility index (Phi) is 5.18. The summed E-state index contributed by atoms with van der Waals surface area (Å²) in [6.07, 6.45) is -3.63. The minimum absolute atomic E-state index is 0.0488. The lowest BCUT2D eigenvalue weighted by atomic mass is 10.3. The lowest BCUT2D eigenvalue weighted by molar-refractivity contribution is -0.134. The third-order valence-electron chi connectivity index (χ3n) is 2.24. The quantitative estimate of drug-likeness (QED) is 0.846. The molecule has 0 aromatic carbocycles. The van der Waals surface area contributed by atoms with Gasteiger partial charge < -0.3 is 5.32 Å². The van der Waals surface area contributed by atoms with Gasteiger partial charge in [0.2, 0.25) is 0 Å². The topological polar surface area (TPSA) is 46.9 Å². The van der Waals surface area contributed by atoms with Crippen LogP contribution in [0.15, 0.2) is 15.5 Å². The average Bonchev–Trinajstić information content (AvgIpc) is 2.28. The summed E-state index contributed by atoms with van der Waals surface area (Å²) in [6.45, 7) is 2.35. The molecule has 1 aromatic heterocycles. The van der Waals surface area contributed by atoms with Gasteiger partial charge in [-0.25, -0.2) is 4.68 Å². The van der Waals surface area contributed by atoms with Crippen molar-refractivity contribution >= 4 is 21.6 Å². The van der Waals surface area contributed by atoms with Crippen molar-refractivity contribution in [3.05, 3.63) is 21.0 Å². The maximum absolute atomic E-state index is 11.9. The lowest BCUT2D eigenvalue weighted by Gasteiger charge is -2.10. The van der Waals surface area contributed by atoms with E-state index in [4.69, 9.17) is 0 Å². The van der Waals surface area contributed by atoms with Crippen LogP contribution in [-0.4, -0.2) is 22.5 Å². The normalized spacial score (nSPS) is 11.6. The summed E-state index contributed by atoms with van der Waals surface area (Å²) >= 11 is 3.11. The van der Waals surface area contributed by atoms with Crippen molar-refractivity contribution in [2.45, 2.75) is 32.5 Å². The Hall–Kier alpha value is -1.05. The minimum atomic E-state index is -4.15. The third-order valence-corrected chi connectivity index (χ3v) is 3.00. The summed E-state index contributed by atoms with van der Waals surface area (Å²) in [5.41, 5.74) is 0.102. The highest BCUT2D eigenvalue weighted by Crippen LogP contribution is 2.22. The molecule has 0 atom stereocenters. The molecule has 0 spiro atoms. The van der Waals surface area contributed by atoms with Crippen LogP contribution in [0.3, 0.4) is 0 Å². The van der Waals surface area contributed by atoms with Crippen LogP contribution in [0.25, 0.3) is 0 Å². The van der Waals surface area contributed by atoms with Gasteiger partial charge in [0, 0.05) is 19.5 Å². The van der Waals surface area contributed by atoms with Gasteiger partial charge in [-0.05, 0) is 29.3 Å². The van der Waals surface area contributed by atoms with Gasteiger partial charge in [0.1, 0.15) is 4.47 Å². The number of anilines is 1. The van der Waals surface area contributed by atoms with E-state index in [0.29, 0.717) is 12.2 Å². The fourth-order valence-corrected chi connectivity index (χ4v) is 1.77. The maximum Gasteiger partial charge on any atom is 0.389 e. The van der Waals surface area contributed by atoms with E-state index >= 15 is 0 Å². The average molecular weight is 328 g/mol. The second-order valence-corrected chi connectivity index (χ2v) is 4.43. The standard InChI is InChI=1S/C10H13BrF3N3O/c1-2-17-9(18)8(11)7(6-16-17)15-5-3-4-10(12,13)14/h6,15H,2-5H2,1H3. The van der Waals surface area contributed by atoms with Gasteiger partial charge in [0.15, 0.2) is 0 Å². The van der Waals surface area contributed by atoms with Crippen molar-refractivity contribution in [3.8, 4) is 0 Å². The summed E-state index contributed by atoms with van der Waals surface area (Å²) < 4.78 is 37.3. The summed E-state index contributed by atoms with van der Waals surface area (Å²) in [5.74, 6) is 0. The molecule has 18 heavy (non-hydrogen) atoms. The Morgan fingerprint density at radius 2 is 2.17 bits per heavy atom. The van der Waals surface area contributed by atoms with E-state index in [2.05, 4.69) is 26.3 Å². The molecule has 0 unspecified atom stereocenters. The van der Waals surface area contributed by atoms with E-state index < -0.39 is 12.6 Å². The molecule has 0 bridgehead atoms. The first-order valence-corrected chi connectivity index (χ1v) is 6.20. The SMILES string of the molecule is CCn1ncc(NCCCC(F)(F)F)c(Br)c1=O. The second kappa shape index (κ2) is 6.21. The van der Waals surface area contributed by atoms with E-state index in [-0.39, 0.29) is 23.0 Å². The van der Waals surface area contributed by atoms with Crippen LogP contribution in [0.5, 0.6) is 0 Å². The molecule has 1 N–H and O–H groups in total. The van der Waals surface area contributed by atoms with Crippen molar-refractivity contribution in [1.82, 2.24) is 9.78 Å². The highest BCUT2D eigenvalue weighted by molar-refractivity contribution is 9.10. The molecular formula is C10H13BrF3N3O. The number of alkyl halides is 3. The maximum atomic E-state index is 11.9. The fraction of sp³-hybridized carbons (Fsp3) is 0.600. The first kappa shape index (κ1) is 15.0. The van der Waals surface area contributed by atoms with Crippen molar-refractivity contribution in [1.29, 1.82) is 0 Å². The zero-order valence-electron chi connectivity index (χ0n) is 9.72. The first-order chi connectivity index (χ1) is 8.35. The van der Waals surface area contributed by atoms with Crippen LogP contribution in [0.2, 0.25) is 0 Å². The van der Waals surface area contributed by atoms with Crippen molar-refractivity contribution in [2.24, 2.45) is 0 Å². The number of rotatable bonds is 5. The van der Waals surface area contributed by atoms with Crippen molar-refractivity contribution in [2.75, 3.05) is 11.9 Å². The van der Waals surface area contributed by atoms with Crippen LogP contribution in [-0.2, 0) is 6.54 Å². The third kappa shape index (κ3) is 4.32. The van der Waals surface area contributed by atoms with E-state index in [1.807, 2.05) is 0 Å². The smallest absolute Gasteiger partial charge is 0.383 e. The Morgan fingerprint density at radius 1 is 1.50 bits per heavy atom. The molecule has 0 fully saturated rings. The summed E-state index contributed by atoms with van der Waals surface area (Å²) in [6, 6.07) is 0. The zero-order chi connectivity index (χ0) is 13.8. The van der Waals surface area contributed by atoms with E-state index in [1.54, 1.807) is 6.92 Å². The van der Waals surface area contributed by atoms with Crippen LogP contribution in [0, 0.1) is 0 Å². The number of nitrogens with one attached hydrogen (secondary N) is 1. The molecule has 4 nitrogen and oxygen atoms in total. The highest BCUT2D eigenvalue weighted by Gasteiger charge is 2.25. The van der Waals surface area contributed by atoms with Gasteiger partial charge in [-0.15, -0.1) is 0 Å². The van der Waals surface area contributed by atoms with Crippen LogP contribution in [0.1, 0.15) is 19.8 Å². The molecule has 102 valence electrons. The van der Waals surface area contributed by atoms with Gasteiger partial charge in [-0.2, -0.15) is 18.3 Å². The molecule has 8 heteroatoms. The molecule has 1 aromatic rings. The summed E-state index contributed by atoms with van der Waals surface area (Å²) in [5, 5.41) is 6.63. The Bertz CT molecular complexity index is 459. The van der Waals surface area contributed by atoms with E-state index in [9.17, 15) is 18.0 Å². The molecule has 0 aliphatic rings. The largest absolute Gasteiger partial charge is 0.389 e. The predicted molar refractivity (Wildman–Crippen MR) is 65.6 cm³/mol. The number of hydrogen-bond acceptors (Lipinski definition) is 3. The number of halogens is 4. The molecule has 1 heterocycles. The van der Waals surface area contributed by atoms with Gasteiger partial charge in [-0.1, -0.05) is 0 Å². The Balaban J connectivity index is 2.59. The number of aryl methyl sites for hydroxylation is 1. The molecule has 1 rings (SSSR count). The predicted octanol–water partition coefficient (Wildman–Crippen LogP) is 2.78. The van der Waals surface area contributed by atoms with Gasteiger partial charge in [0.25, 0.3) is 5.56 Å². The van der Waals surface area contributed by atoms with Crippen LogP contribution >= 0.6 is 15.9 Å². The Labute approximate surface area is 110 Å². The molecular weight excluding hydrogens is 315 g/mol. The van der Waals surface area contributed by atoms with Crippen LogP contribution < -0.4 is 10.9 Å². The van der Waals surface area contributed by atoms with E-state index in [1.165, 1.54) is 10.9 Å². The molecule has 0 aliphatic heterocycles. The number of hydrogen-bond donors (Lipinski definition) is 1. The molecule has 0 saturated carbocycles. The second-order valence-electron chi connectivity index (χ2n) is 3.64. The molecule has 0 saturated heterocycles. The monoisotopic (exact) mass is 327 g/mol. The fourth-order valence-electron chi connectivity index (χ4n) is 1.33. The lowest BCUT2D eigenvalue weighted by Crippen LogP contribution is -2.23. The Morgan fingerprint density at radius 3 is 2.72 bits per heavy atom. The van der Waals surface area contributed by atoms with Crippen molar-refractivity contribution in [3.63, 3.8) is 0 Å².